The second-order valence-corrected chi connectivity index (χ2v) is 4.15. The van der Waals surface area contributed by atoms with Gasteiger partial charge in [0.05, 0.1) is 0 Å². The Labute approximate surface area is 111 Å². The highest BCUT2D eigenvalue weighted by Gasteiger charge is 2.16. The van der Waals surface area contributed by atoms with Gasteiger partial charge in [0.25, 0.3) is 5.91 Å². The number of amides is 1. The van der Waals surface area contributed by atoms with E-state index in [1.807, 2.05) is 6.92 Å². The van der Waals surface area contributed by atoms with Crippen molar-refractivity contribution in [2.45, 2.75) is 6.92 Å². The molecule has 19 heavy (non-hydrogen) atoms. The molecule has 0 radical (unpaired) electrons. The van der Waals surface area contributed by atoms with E-state index in [9.17, 15) is 9.18 Å². The molecule has 0 bridgehead atoms. The van der Waals surface area contributed by atoms with Crippen LogP contribution in [-0.4, -0.2) is 12.5 Å². The van der Waals surface area contributed by atoms with Gasteiger partial charge in [-0.2, -0.15) is 0 Å². The van der Waals surface area contributed by atoms with Gasteiger partial charge in [0.1, 0.15) is 5.82 Å². The Morgan fingerprint density at radius 2 is 1.89 bits per heavy atom. The monoisotopic (exact) mass is 258 g/mol. The Hall–Kier alpha value is -2.36. The van der Waals surface area contributed by atoms with Gasteiger partial charge >= 0.3 is 0 Å². The summed E-state index contributed by atoms with van der Waals surface area (Å²) in [5.74, 6) is -0.533. The van der Waals surface area contributed by atoms with E-state index >= 15 is 0 Å². The van der Waals surface area contributed by atoms with Crippen LogP contribution in [0.15, 0.2) is 48.5 Å². The fourth-order valence-electron chi connectivity index (χ4n) is 1.87. The molecule has 3 nitrogen and oxygen atoms in total. The number of carbonyl (C=O) groups is 1. The number of hydrogen-bond acceptors (Lipinski definition) is 2. The number of benzene rings is 2. The van der Waals surface area contributed by atoms with Crippen molar-refractivity contribution in [3.05, 3.63) is 59.9 Å². The van der Waals surface area contributed by atoms with Gasteiger partial charge in [-0.1, -0.05) is 6.07 Å². The van der Waals surface area contributed by atoms with Crippen LogP contribution < -0.4 is 10.6 Å². The highest BCUT2D eigenvalue weighted by molar-refractivity contribution is 6.06. The van der Waals surface area contributed by atoms with Crippen LogP contribution in [0.25, 0.3) is 0 Å². The van der Waals surface area contributed by atoms with Crippen molar-refractivity contribution >= 4 is 17.3 Å². The predicted octanol–water partition coefficient (Wildman–Crippen LogP) is 3.07. The molecule has 0 spiro atoms. The third-order valence-corrected chi connectivity index (χ3v) is 2.84. The molecule has 0 saturated carbocycles. The standard InChI is InChI=1S/C15H15FN2O/c1-2-18(14-5-3-4-12(16)10-14)15(19)11-6-8-13(17)9-7-11/h3-10H,2,17H2,1H3. The van der Waals surface area contributed by atoms with Gasteiger partial charge in [0, 0.05) is 23.5 Å². The quantitative estimate of drug-likeness (QED) is 0.860. The Bertz CT molecular complexity index is 581. The molecule has 0 unspecified atom stereocenters. The second-order valence-electron chi connectivity index (χ2n) is 4.15. The lowest BCUT2D eigenvalue weighted by Gasteiger charge is -2.21. The molecule has 2 aromatic carbocycles. The number of anilines is 2. The van der Waals surface area contributed by atoms with Crippen LogP contribution in [-0.2, 0) is 0 Å². The lowest BCUT2D eigenvalue weighted by Crippen LogP contribution is -2.30. The van der Waals surface area contributed by atoms with E-state index in [1.165, 1.54) is 17.0 Å². The Kier molecular flexibility index (Phi) is 3.80. The molecule has 0 aromatic heterocycles. The summed E-state index contributed by atoms with van der Waals surface area (Å²) in [7, 11) is 0. The van der Waals surface area contributed by atoms with Crippen molar-refractivity contribution < 1.29 is 9.18 Å². The van der Waals surface area contributed by atoms with Crippen LogP contribution in [0.5, 0.6) is 0 Å². The molecule has 1 amide bonds. The maximum atomic E-state index is 13.2. The van der Waals surface area contributed by atoms with Crippen molar-refractivity contribution in [2.24, 2.45) is 0 Å². The predicted molar refractivity (Wildman–Crippen MR) is 74.6 cm³/mol. The maximum Gasteiger partial charge on any atom is 0.258 e. The van der Waals surface area contributed by atoms with Crippen LogP contribution in [0.1, 0.15) is 17.3 Å². The molecule has 0 aliphatic rings. The summed E-state index contributed by atoms with van der Waals surface area (Å²) < 4.78 is 13.2. The van der Waals surface area contributed by atoms with E-state index in [0.29, 0.717) is 23.5 Å². The van der Waals surface area contributed by atoms with Crippen LogP contribution in [0.4, 0.5) is 15.8 Å². The van der Waals surface area contributed by atoms with Crippen LogP contribution in [0.2, 0.25) is 0 Å². The minimum absolute atomic E-state index is 0.173. The van der Waals surface area contributed by atoms with Gasteiger partial charge in [0.15, 0.2) is 0 Å². The molecule has 2 N–H and O–H groups in total. The highest BCUT2D eigenvalue weighted by Crippen LogP contribution is 2.18. The summed E-state index contributed by atoms with van der Waals surface area (Å²) in [6.07, 6.45) is 0. The minimum Gasteiger partial charge on any atom is -0.399 e. The van der Waals surface area contributed by atoms with Gasteiger partial charge in [-0.15, -0.1) is 0 Å². The average molecular weight is 258 g/mol. The number of halogens is 1. The summed E-state index contributed by atoms with van der Waals surface area (Å²) in [6, 6.07) is 12.7. The molecular weight excluding hydrogens is 243 g/mol. The molecule has 98 valence electrons. The first-order chi connectivity index (χ1) is 9.11. The summed E-state index contributed by atoms with van der Waals surface area (Å²) in [6.45, 7) is 2.31. The zero-order valence-corrected chi connectivity index (χ0v) is 10.6. The zero-order valence-electron chi connectivity index (χ0n) is 10.6. The molecule has 0 fully saturated rings. The lowest BCUT2D eigenvalue weighted by atomic mass is 10.1. The number of rotatable bonds is 3. The minimum atomic E-state index is -0.360. The Balaban J connectivity index is 2.31. The molecule has 0 aliphatic heterocycles. The number of hydrogen-bond donors (Lipinski definition) is 1. The summed E-state index contributed by atoms with van der Waals surface area (Å²) in [5, 5.41) is 0. The number of carbonyl (C=O) groups excluding carboxylic acids is 1. The Morgan fingerprint density at radius 3 is 2.47 bits per heavy atom. The normalized spacial score (nSPS) is 10.2. The van der Waals surface area contributed by atoms with Gasteiger partial charge < -0.3 is 10.6 Å². The smallest absolute Gasteiger partial charge is 0.258 e. The third kappa shape index (κ3) is 2.91. The van der Waals surface area contributed by atoms with E-state index < -0.39 is 0 Å². The zero-order chi connectivity index (χ0) is 13.8. The number of nitrogens with two attached hydrogens (primary N) is 1. The van der Waals surface area contributed by atoms with Crippen molar-refractivity contribution in [1.29, 1.82) is 0 Å². The van der Waals surface area contributed by atoms with Crippen molar-refractivity contribution in [2.75, 3.05) is 17.2 Å². The first-order valence-corrected chi connectivity index (χ1v) is 6.05. The molecule has 2 rings (SSSR count). The lowest BCUT2D eigenvalue weighted by molar-refractivity contribution is 0.0988. The summed E-state index contributed by atoms with van der Waals surface area (Å²) in [5.41, 5.74) is 7.27. The third-order valence-electron chi connectivity index (χ3n) is 2.84. The van der Waals surface area contributed by atoms with E-state index in [2.05, 4.69) is 0 Å². The van der Waals surface area contributed by atoms with E-state index in [0.717, 1.165) is 0 Å². The van der Waals surface area contributed by atoms with Crippen LogP contribution in [0, 0.1) is 5.82 Å². The topological polar surface area (TPSA) is 46.3 Å². The van der Waals surface area contributed by atoms with Crippen LogP contribution in [0.3, 0.4) is 0 Å². The van der Waals surface area contributed by atoms with Crippen molar-refractivity contribution in [3.63, 3.8) is 0 Å². The fraction of sp³-hybridized carbons (Fsp3) is 0.133. The second kappa shape index (κ2) is 5.52. The van der Waals surface area contributed by atoms with E-state index in [4.69, 9.17) is 5.73 Å². The number of nitrogens with zero attached hydrogens (tertiary/aromatic N) is 1. The summed E-state index contributed by atoms with van der Waals surface area (Å²) >= 11 is 0. The van der Waals surface area contributed by atoms with E-state index in [1.54, 1.807) is 36.4 Å². The van der Waals surface area contributed by atoms with Gasteiger partial charge in [-0.05, 0) is 49.4 Å². The number of nitrogen functional groups attached to an aromatic ring is 1. The molecule has 0 atom stereocenters. The highest BCUT2D eigenvalue weighted by atomic mass is 19.1. The molecule has 0 aliphatic carbocycles. The first kappa shape index (κ1) is 13.1. The first-order valence-electron chi connectivity index (χ1n) is 6.05. The molecule has 0 heterocycles. The largest absolute Gasteiger partial charge is 0.399 e. The van der Waals surface area contributed by atoms with Gasteiger partial charge in [-0.3, -0.25) is 4.79 Å². The van der Waals surface area contributed by atoms with Crippen molar-refractivity contribution in [3.8, 4) is 0 Å². The molecular formula is C15H15FN2O. The average Bonchev–Trinajstić information content (AvgIpc) is 2.40. The fourth-order valence-corrected chi connectivity index (χ4v) is 1.87. The molecule has 0 saturated heterocycles. The van der Waals surface area contributed by atoms with Gasteiger partial charge in [-0.25, -0.2) is 4.39 Å². The van der Waals surface area contributed by atoms with Crippen LogP contribution >= 0.6 is 0 Å². The van der Waals surface area contributed by atoms with Gasteiger partial charge in [0.2, 0.25) is 0 Å². The Morgan fingerprint density at radius 1 is 1.21 bits per heavy atom. The van der Waals surface area contributed by atoms with Crippen molar-refractivity contribution in [1.82, 2.24) is 0 Å². The summed E-state index contributed by atoms with van der Waals surface area (Å²) in [4.78, 5) is 13.9. The molecule has 2 aromatic rings. The maximum absolute atomic E-state index is 13.2. The van der Waals surface area contributed by atoms with E-state index in [-0.39, 0.29) is 11.7 Å². The molecule has 4 heteroatoms. The SMILES string of the molecule is CCN(C(=O)c1ccc(N)cc1)c1cccc(F)c1.